The SMILES string of the molecule is COc1cc(OC)c(F)c(Cc2c[nH]c3ncc(C(C=NCCCNC(C)C)=CN)cc23)c1F. The summed E-state index contributed by atoms with van der Waals surface area (Å²) in [6, 6.07) is 3.52. The second kappa shape index (κ2) is 11.6. The number of fused-ring (bicyclic) bond motifs is 1. The van der Waals surface area contributed by atoms with E-state index in [1.54, 1.807) is 18.6 Å². The maximum atomic E-state index is 14.9. The van der Waals surface area contributed by atoms with Crippen molar-refractivity contribution in [2.45, 2.75) is 32.7 Å². The molecule has 0 amide bonds. The van der Waals surface area contributed by atoms with E-state index in [9.17, 15) is 8.78 Å². The first kappa shape index (κ1) is 25.2. The third-order valence-electron chi connectivity index (χ3n) is 5.41. The number of nitrogens with two attached hydrogens (primary N) is 1. The maximum Gasteiger partial charge on any atom is 0.171 e. The first-order chi connectivity index (χ1) is 16.4. The number of hydrogen-bond acceptors (Lipinski definition) is 6. The van der Waals surface area contributed by atoms with Gasteiger partial charge in [0.05, 0.1) is 14.2 Å². The topological polar surface area (TPSA) is 97.5 Å². The minimum Gasteiger partial charge on any atom is -0.494 e. The van der Waals surface area contributed by atoms with Gasteiger partial charge < -0.3 is 25.5 Å². The van der Waals surface area contributed by atoms with Crippen molar-refractivity contribution in [2.75, 3.05) is 27.3 Å². The molecule has 0 bridgehead atoms. The molecular weight excluding hydrogens is 440 g/mol. The summed E-state index contributed by atoms with van der Waals surface area (Å²) in [6.45, 7) is 5.76. The largest absolute Gasteiger partial charge is 0.494 e. The highest BCUT2D eigenvalue weighted by Crippen LogP contribution is 2.34. The van der Waals surface area contributed by atoms with Crippen LogP contribution in [-0.2, 0) is 6.42 Å². The average molecular weight is 472 g/mol. The highest BCUT2D eigenvalue weighted by atomic mass is 19.1. The van der Waals surface area contributed by atoms with Crippen LogP contribution in [0.2, 0.25) is 0 Å². The zero-order valence-electron chi connectivity index (χ0n) is 19.9. The summed E-state index contributed by atoms with van der Waals surface area (Å²) in [5.74, 6) is -1.69. The summed E-state index contributed by atoms with van der Waals surface area (Å²) >= 11 is 0. The average Bonchev–Trinajstić information content (AvgIpc) is 3.23. The Kier molecular flexibility index (Phi) is 8.59. The number of rotatable bonds is 11. The molecule has 2 aromatic heterocycles. The number of hydrogen-bond donors (Lipinski definition) is 3. The first-order valence-corrected chi connectivity index (χ1v) is 11.1. The Bertz CT molecular complexity index is 1160. The minimum atomic E-state index is -0.763. The summed E-state index contributed by atoms with van der Waals surface area (Å²) < 4.78 is 39.9. The van der Waals surface area contributed by atoms with Crippen LogP contribution in [0, 0.1) is 11.6 Å². The van der Waals surface area contributed by atoms with E-state index in [-0.39, 0.29) is 23.5 Å². The lowest BCUT2D eigenvalue weighted by molar-refractivity contribution is 0.354. The zero-order valence-corrected chi connectivity index (χ0v) is 19.9. The Morgan fingerprint density at radius 3 is 2.53 bits per heavy atom. The molecule has 0 radical (unpaired) electrons. The molecule has 3 rings (SSSR count). The third-order valence-corrected chi connectivity index (χ3v) is 5.41. The molecule has 1 aromatic carbocycles. The number of halogens is 2. The van der Waals surface area contributed by atoms with Crippen LogP contribution in [0.1, 0.15) is 37.0 Å². The fourth-order valence-corrected chi connectivity index (χ4v) is 3.58. The minimum absolute atomic E-state index is 0.0189. The lowest BCUT2D eigenvalue weighted by Crippen LogP contribution is -2.24. The Morgan fingerprint density at radius 2 is 1.91 bits per heavy atom. The quantitative estimate of drug-likeness (QED) is 0.288. The predicted octanol–water partition coefficient (Wildman–Crippen LogP) is 4.21. The molecule has 182 valence electrons. The third kappa shape index (κ3) is 5.72. The Balaban J connectivity index is 1.86. The summed E-state index contributed by atoms with van der Waals surface area (Å²) in [4.78, 5) is 12.0. The second-order valence-electron chi connectivity index (χ2n) is 8.12. The van der Waals surface area contributed by atoms with E-state index in [0.717, 1.165) is 23.9 Å². The molecule has 2 heterocycles. The van der Waals surface area contributed by atoms with Crippen LogP contribution in [-0.4, -0.2) is 49.5 Å². The van der Waals surface area contributed by atoms with Gasteiger partial charge in [-0.05, 0) is 24.6 Å². The van der Waals surface area contributed by atoms with Gasteiger partial charge in [-0.3, -0.25) is 4.99 Å². The number of ether oxygens (including phenoxy) is 2. The van der Waals surface area contributed by atoms with Crippen LogP contribution in [0.3, 0.4) is 0 Å². The van der Waals surface area contributed by atoms with Gasteiger partial charge in [0, 0.05) is 72.0 Å². The van der Waals surface area contributed by atoms with Crippen LogP contribution < -0.4 is 20.5 Å². The summed E-state index contributed by atoms with van der Waals surface area (Å²) in [6.07, 6.45) is 7.45. The Hall–Kier alpha value is -3.46. The molecule has 0 aliphatic heterocycles. The van der Waals surface area contributed by atoms with Gasteiger partial charge in [0.15, 0.2) is 23.1 Å². The van der Waals surface area contributed by atoms with Gasteiger partial charge in [-0.2, -0.15) is 0 Å². The molecule has 4 N–H and O–H groups in total. The van der Waals surface area contributed by atoms with E-state index in [4.69, 9.17) is 15.2 Å². The van der Waals surface area contributed by atoms with Crippen LogP contribution in [0.15, 0.2) is 35.7 Å². The van der Waals surface area contributed by atoms with Crippen molar-refractivity contribution >= 4 is 22.8 Å². The van der Waals surface area contributed by atoms with Gasteiger partial charge >= 0.3 is 0 Å². The second-order valence-corrected chi connectivity index (χ2v) is 8.12. The van der Waals surface area contributed by atoms with Crippen molar-refractivity contribution < 1.29 is 18.3 Å². The molecule has 0 atom stereocenters. The number of methoxy groups -OCH3 is 2. The number of benzene rings is 1. The molecule has 0 saturated heterocycles. The van der Waals surface area contributed by atoms with Gasteiger partial charge in [-0.15, -0.1) is 0 Å². The summed E-state index contributed by atoms with van der Waals surface area (Å²) in [5, 5.41) is 4.08. The molecule has 0 fully saturated rings. The van der Waals surface area contributed by atoms with Crippen molar-refractivity contribution in [3.63, 3.8) is 0 Å². The molecule has 0 saturated carbocycles. The molecule has 9 heteroatoms. The number of aliphatic imine (C=N–C) groups is 1. The molecular formula is C25H31F2N5O2. The van der Waals surface area contributed by atoms with E-state index in [1.165, 1.54) is 26.5 Å². The van der Waals surface area contributed by atoms with E-state index in [1.807, 2.05) is 6.07 Å². The Labute approximate surface area is 198 Å². The van der Waals surface area contributed by atoms with E-state index < -0.39 is 11.6 Å². The summed E-state index contributed by atoms with van der Waals surface area (Å²) in [7, 11) is 2.65. The number of aromatic amines is 1. The van der Waals surface area contributed by atoms with Crippen molar-refractivity contribution in [1.29, 1.82) is 0 Å². The highest BCUT2D eigenvalue weighted by molar-refractivity contribution is 6.10. The van der Waals surface area contributed by atoms with Crippen LogP contribution in [0.25, 0.3) is 16.6 Å². The van der Waals surface area contributed by atoms with Crippen LogP contribution in [0.4, 0.5) is 8.78 Å². The zero-order chi connectivity index (χ0) is 24.7. The molecule has 7 nitrogen and oxygen atoms in total. The monoisotopic (exact) mass is 471 g/mol. The predicted molar refractivity (Wildman–Crippen MR) is 132 cm³/mol. The van der Waals surface area contributed by atoms with Crippen molar-refractivity contribution in [1.82, 2.24) is 15.3 Å². The first-order valence-electron chi connectivity index (χ1n) is 11.1. The maximum absolute atomic E-state index is 14.9. The molecule has 34 heavy (non-hydrogen) atoms. The number of nitrogens with zero attached hydrogens (tertiary/aromatic N) is 2. The lowest BCUT2D eigenvalue weighted by Gasteiger charge is -2.12. The van der Waals surface area contributed by atoms with Gasteiger partial charge in [-0.25, -0.2) is 13.8 Å². The summed E-state index contributed by atoms with van der Waals surface area (Å²) in [5.41, 5.74) is 8.43. The number of nitrogens with one attached hydrogen (secondary N) is 2. The fraction of sp³-hybridized carbons (Fsp3) is 0.360. The van der Waals surface area contributed by atoms with Gasteiger partial charge in [0.2, 0.25) is 0 Å². The Morgan fingerprint density at radius 1 is 1.21 bits per heavy atom. The normalized spacial score (nSPS) is 12.3. The number of pyridine rings is 1. The van der Waals surface area contributed by atoms with Crippen molar-refractivity contribution in [2.24, 2.45) is 10.7 Å². The number of allylic oxidation sites excluding steroid dienone is 1. The standard InChI is InChI=1S/C25H31F2N5O2/c1-15(2)30-7-5-6-29-12-18(11-28)16-8-19-17(14-32-25(19)31-13-16)9-20-23(26)21(33-3)10-22(34-4)24(20)27/h8,10-15,30H,5-7,9,28H2,1-4H3,(H,31,32). The molecule has 3 aromatic rings. The molecule has 0 aliphatic rings. The van der Waals surface area contributed by atoms with Gasteiger partial charge in [-0.1, -0.05) is 13.8 Å². The highest BCUT2D eigenvalue weighted by Gasteiger charge is 2.21. The van der Waals surface area contributed by atoms with Crippen LogP contribution >= 0.6 is 0 Å². The van der Waals surface area contributed by atoms with Gasteiger partial charge in [0.1, 0.15) is 5.65 Å². The molecule has 0 aliphatic carbocycles. The number of aromatic nitrogens is 2. The fourth-order valence-electron chi connectivity index (χ4n) is 3.58. The van der Waals surface area contributed by atoms with E-state index in [2.05, 4.69) is 34.1 Å². The number of H-pyrrole nitrogens is 1. The van der Waals surface area contributed by atoms with Gasteiger partial charge in [0.25, 0.3) is 0 Å². The van der Waals surface area contributed by atoms with E-state index >= 15 is 0 Å². The smallest absolute Gasteiger partial charge is 0.171 e. The lowest BCUT2D eigenvalue weighted by atomic mass is 10.0. The van der Waals surface area contributed by atoms with Crippen LogP contribution in [0.5, 0.6) is 11.5 Å². The van der Waals surface area contributed by atoms with Crippen molar-refractivity contribution in [3.8, 4) is 11.5 Å². The van der Waals surface area contributed by atoms with E-state index in [0.29, 0.717) is 29.4 Å². The molecule has 0 spiro atoms. The molecule has 0 unspecified atom stereocenters. The van der Waals surface area contributed by atoms with Crippen molar-refractivity contribution in [3.05, 3.63) is 59.1 Å².